The summed E-state index contributed by atoms with van der Waals surface area (Å²) in [7, 11) is 0. The van der Waals surface area contributed by atoms with E-state index in [1.165, 1.54) is 5.56 Å². The molecule has 0 aromatic heterocycles. The van der Waals surface area contributed by atoms with Crippen molar-refractivity contribution in [2.75, 3.05) is 0 Å². The van der Waals surface area contributed by atoms with E-state index in [0.29, 0.717) is 12.4 Å². The smallest absolute Gasteiger partial charge is 0.280 e. The molecule has 5 nitrogen and oxygen atoms in total. The molecule has 154 valence electrons. The van der Waals surface area contributed by atoms with Gasteiger partial charge in [-0.3, -0.25) is 4.79 Å². The Morgan fingerprint density at radius 2 is 1.63 bits per heavy atom. The van der Waals surface area contributed by atoms with Gasteiger partial charge in [0.1, 0.15) is 18.1 Å². The number of benzene rings is 3. The summed E-state index contributed by atoms with van der Waals surface area (Å²) < 4.78 is 12.3. The second-order valence-electron chi connectivity index (χ2n) is 6.79. The number of rotatable bonds is 8. The van der Waals surface area contributed by atoms with E-state index >= 15 is 0 Å². The number of ether oxygens (including phenoxy) is 2. The summed E-state index contributed by atoms with van der Waals surface area (Å²) in [6.07, 6.45) is 0.912. The Bertz CT molecular complexity index is 984. The van der Waals surface area contributed by atoms with Gasteiger partial charge in [0.15, 0.2) is 6.10 Å². The zero-order chi connectivity index (χ0) is 21.3. The molecule has 0 radical (unpaired) electrons. The highest BCUT2D eigenvalue weighted by Crippen LogP contribution is 2.17. The highest BCUT2D eigenvalue weighted by atomic mass is 79.9. The molecule has 30 heavy (non-hydrogen) atoms. The maximum absolute atomic E-state index is 12.1. The Morgan fingerprint density at radius 1 is 1.00 bits per heavy atom. The number of nitrogens with one attached hydrogen (secondary N) is 1. The molecular weight excluding hydrogens is 444 g/mol. The maximum atomic E-state index is 12.1. The van der Waals surface area contributed by atoms with Gasteiger partial charge in [-0.2, -0.15) is 5.10 Å². The first-order valence-electron chi connectivity index (χ1n) is 9.53. The van der Waals surface area contributed by atoms with Crippen molar-refractivity contribution in [3.8, 4) is 11.5 Å². The first-order chi connectivity index (χ1) is 14.5. The van der Waals surface area contributed by atoms with Crippen LogP contribution in [0, 0.1) is 6.92 Å². The van der Waals surface area contributed by atoms with E-state index in [9.17, 15) is 4.79 Å². The van der Waals surface area contributed by atoms with Crippen LogP contribution in [0.1, 0.15) is 23.6 Å². The van der Waals surface area contributed by atoms with Gasteiger partial charge in [-0.05, 0) is 73.5 Å². The van der Waals surface area contributed by atoms with Crippen LogP contribution in [0.25, 0.3) is 0 Å². The predicted molar refractivity (Wildman–Crippen MR) is 122 cm³/mol. The fourth-order valence-electron chi connectivity index (χ4n) is 2.53. The molecule has 0 aliphatic carbocycles. The van der Waals surface area contributed by atoms with Gasteiger partial charge in [0.2, 0.25) is 0 Å². The van der Waals surface area contributed by atoms with Crippen molar-refractivity contribution in [2.45, 2.75) is 26.6 Å². The molecule has 1 atom stereocenters. The summed E-state index contributed by atoms with van der Waals surface area (Å²) in [5.41, 5.74) is 5.68. The molecular formula is C24H23BrN2O3. The highest BCUT2D eigenvalue weighted by Gasteiger charge is 2.13. The Morgan fingerprint density at radius 3 is 2.30 bits per heavy atom. The lowest BCUT2D eigenvalue weighted by Crippen LogP contribution is -2.33. The fraction of sp³-hybridized carbons (Fsp3) is 0.167. The van der Waals surface area contributed by atoms with E-state index < -0.39 is 6.10 Å². The Balaban J connectivity index is 1.45. The zero-order valence-corrected chi connectivity index (χ0v) is 18.4. The number of nitrogens with zero attached hydrogens (tertiary/aromatic N) is 1. The number of carbonyl (C=O) groups is 1. The maximum Gasteiger partial charge on any atom is 0.280 e. The second-order valence-corrected chi connectivity index (χ2v) is 7.71. The number of hydrogen-bond donors (Lipinski definition) is 1. The van der Waals surface area contributed by atoms with E-state index in [2.05, 4.69) is 57.6 Å². The van der Waals surface area contributed by atoms with Gasteiger partial charge in [-0.25, -0.2) is 5.43 Å². The molecule has 0 spiro atoms. The highest BCUT2D eigenvalue weighted by molar-refractivity contribution is 9.10. The van der Waals surface area contributed by atoms with Crippen LogP contribution in [0.15, 0.2) is 82.4 Å². The fourth-order valence-corrected chi connectivity index (χ4v) is 2.80. The monoisotopic (exact) mass is 466 g/mol. The molecule has 1 unspecified atom stereocenters. The molecule has 1 N–H and O–H groups in total. The van der Waals surface area contributed by atoms with Crippen LogP contribution >= 0.6 is 15.9 Å². The van der Waals surface area contributed by atoms with Gasteiger partial charge in [0.05, 0.1) is 6.21 Å². The van der Waals surface area contributed by atoms with E-state index in [-0.39, 0.29) is 5.91 Å². The minimum Gasteiger partial charge on any atom is -0.489 e. The lowest BCUT2D eigenvalue weighted by Gasteiger charge is -2.12. The van der Waals surface area contributed by atoms with Crippen LogP contribution in [0.5, 0.6) is 11.5 Å². The third-order valence-corrected chi connectivity index (χ3v) is 4.82. The van der Waals surface area contributed by atoms with E-state index in [4.69, 9.17) is 9.47 Å². The molecule has 0 heterocycles. The third-order valence-electron chi connectivity index (χ3n) is 4.29. The molecule has 0 saturated carbocycles. The zero-order valence-electron chi connectivity index (χ0n) is 16.8. The molecule has 0 bridgehead atoms. The Kier molecular flexibility index (Phi) is 7.63. The Hall–Kier alpha value is -3.12. The summed E-state index contributed by atoms with van der Waals surface area (Å²) in [5, 5.41) is 4.00. The molecule has 3 aromatic rings. The van der Waals surface area contributed by atoms with Crippen LogP contribution in [-0.2, 0) is 11.4 Å². The molecule has 0 fully saturated rings. The van der Waals surface area contributed by atoms with Crippen LogP contribution in [0.3, 0.4) is 0 Å². The van der Waals surface area contributed by atoms with E-state index in [1.54, 1.807) is 25.3 Å². The summed E-state index contributed by atoms with van der Waals surface area (Å²) in [4.78, 5) is 12.1. The van der Waals surface area contributed by atoms with Crippen LogP contribution in [0.4, 0.5) is 0 Å². The molecule has 0 aliphatic heterocycles. The lowest BCUT2D eigenvalue weighted by molar-refractivity contribution is -0.127. The van der Waals surface area contributed by atoms with Crippen molar-refractivity contribution in [3.05, 3.63) is 94.0 Å². The quantitative estimate of drug-likeness (QED) is 0.364. The van der Waals surface area contributed by atoms with Gasteiger partial charge < -0.3 is 9.47 Å². The summed E-state index contributed by atoms with van der Waals surface area (Å²) >= 11 is 3.36. The summed E-state index contributed by atoms with van der Waals surface area (Å²) in [6.45, 7) is 4.25. The third kappa shape index (κ3) is 6.74. The van der Waals surface area contributed by atoms with Gasteiger partial charge in [-0.15, -0.1) is 0 Å². The lowest BCUT2D eigenvalue weighted by atomic mass is 10.2. The number of carbonyl (C=O) groups excluding carboxylic acids is 1. The normalized spacial score (nSPS) is 11.8. The molecule has 3 rings (SSSR count). The average Bonchev–Trinajstić information content (AvgIpc) is 2.76. The Labute approximate surface area is 184 Å². The minimum absolute atomic E-state index is 0.327. The van der Waals surface area contributed by atoms with E-state index in [0.717, 1.165) is 21.3 Å². The summed E-state index contributed by atoms with van der Waals surface area (Å²) in [6, 6.07) is 23.0. The SMILES string of the molecule is Cc1ccc(COc2ccc(/C=N/NC(=O)C(C)Oc3ccc(Br)cc3)cc2)cc1. The van der Waals surface area contributed by atoms with Gasteiger partial charge >= 0.3 is 0 Å². The van der Waals surface area contributed by atoms with Gasteiger partial charge in [-0.1, -0.05) is 45.8 Å². The van der Waals surface area contributed by atoms with Gasteiger partial charge in [0, 0.05) is 4.47 Å². The van der Waals surface area contributed by atoms with Crippen molar-refractivity contribution in [1.82, 2.24) is 5.43 Å². The predicted octanol–water partition coefficient (Wildman–Crippen LogP) is 5.25. The first kappa shape index (κ1) is 21.6. The standard InChI is InChI=1S/C24H23BrN2O3/c1-17-3-5-20(6-4-17)16-29-22-11-7-19(8-12-22)15-26-27-24(28)18(2)30-23-13-9-21(25)10-14-23/h3-15,18H,16H2,1-2H3,(H,27,28)/b26-15+. The molecule has 3 aromatic carbocycles. The summed E-state index contributed by atoms with van der Waals surface area (Å²) in [5.74, 6) is 1.06. The second kappa shape index (κ2) is 10.6. The van der Waals surface area contributed by atoms with Crippen LogP contribution in [-0.4, -0.2) is 18.2 Å². The molecule has 0 saturated heterocycles. The first-order valence-corrected chi connectivity index (χ1v) is 10.3. The van der Waals surface area contributed by atoms with Gasteiger partial charge in [0.25, 0.3) is 5.91 Å². The van der Waals surface area contributed by atoms with E-state index in [1.807, 2.05) is 36.4 Å². The largest absolute Gasteiger partial charge is 0.489 e. The van der Waals surface area contributed by atoms with Crippen molar-refractivity contribution < 1.29 is 14.3 Å². The van der Waals surface area contributed by atoms with Crippen molar-refractivity contribution >= 4 is 28.1 Å². The van der Waals surface area contributed by atoms with Crippen LogP contribution in [0.2, 0.25) is 0 Å². The topological polar surface area (TPSA) is 59.9 Å². The number of halogens is 1. The number of aryl methyl sites for hydroxylation is 1. The minimum atomic E-state index is -0.666. The number of amides is 1. The molecule has 1 amide bonds. The number of hydrazone groups is 1. The molecule has 6 heteroatoms. The van der Waals surface area contributed by atoms with Crippen molar-refractivity contribution in [1.29, 1.82) is 0 Å². The van der Waals surface area contributed by atoms with Crippen LogP contribution < -0.4 is 14.9 Å². The molecule has 0 aliphatic rings. The number of hydrogen-bond acceptors (Lipinski definition) is 4. The van der Waals surface area contributed by atoms with Crippen molar-refractivity contribution in [2.24, 2.45) is 5.10 Å². The average molecular weight is 467 g/mol. The van der Waals surface area contributed by atoms with Crippen molar-refractivity contribution in [3.63, 3.8) is 0 Å².